The van der Waals surface area contributed by atoms with Gasteiger partial charge in [-0.05, 0) is 25.7 Å². The van der Waals surface area contributed by atoms with Crippen molar-refractivity contribution in [1.82, 2.24) is 15.2 Å². The third-order valence-corrected chi connectivity index (χ3v) is 4.16. The van der Waals surface area contributed by atoms with Gasteiger partial charge in [0.2, 0.25) is 0 Å². The molecular formula is C29H45N3O2. The Labute approximate surface area is 207 Å². The van der Waals surface area contributed by atoms with Gasteiger partial charge in [0.1, 0.15) is 0 Å². The molecule has 2 aromatic carbocycles. The maximum atomic E-state index is 12.4. The lowest BCUT2D eigenvalue weighted by Crippen LogP contribution is -2.22. The van der Waals surface area contributed by atoms with Crippen LogP contribution in [0.5, 0.6) is 0 Å². The van der Waals surface area contributed by atoms with Crippen LogP contribution in [0.1, 0.15) is 66.5 Å². The summed E-state index contributed by atoms with van der Waals surface area (Å²) in [5, 5.41) is 6.14. The van der Waals surface area contributed by atoms with E-state index in [-0.39, 0.29) is 11.8 Å². The van der Waals surface area contributed by atoms with Crippen molar-refractivity contribution in [2.75, 3.05) is 14.1 Å². The van der Waals surface area contributed by atoms with Gasteiger partial charge in [-0.1, -0.05) is 104 Å². The number of hydrogen-bond acceptors (Lipinski definition) is 3. The highest BCUT2D eigenvalue weighted by molar-refractivity contribution is 6.50. The summed E-state index contributed by atoms with van der Waals surface area (Å²) in [5.74, 6) is -0.686. The first-order valence-corrected chi connectivity index (χ1v) is 12.4. The quantitative estimate of drug-likeness (QED) is 0.413. The standard InChI is InChI=1S/C19H14N2O2.C2H7N.4C2H6/c1-21-11-14(13-9-5-6-10-15(13)21)17-16(18(22)20-19(17)23)12-7-3-2-4-8-12;1-3-2;4*1-2/h2-11H,1H3,(H,20,22,23);3H,1-2H3;4*1-2H3. The minimum Gasteiger partial charge on any atom is -0.350 e. The molecule has 5 heteroatoms. The lowest BCUT2D eigenvalue weighted by Gasteiger charge is -2.03. The topological polar surface area (TPSA) is 63.1 Å². The number of amides is 2. The van der Waals surface area contributed by atoms with Gasteiger partial charge >= 0.3 is 0 Å². The van der Waals surface area contributed by atoms with E-state index in [0.29, 0.717) is 11.1 Å². The van der Waals surface area contributed by atoms with Crippen LogP contribution >= 0.6 is 0 Å². The van der Waals surface area contributed by atoms with Gasteiger partial charge in [0.05, 0.1) is 11.1 Å². The lowest BCUT2D eigenvalue weighted by molar-refractivity contribution is -0.122. The van der Waals surface area contributed by atoms with Crippen LogP contribution in [0.3, 0.4) is 0 Å². The van der Waals surface area contributed by atoms with Crippen molar-refractivity contribution < 1.29 is 9.59 Å². The molecule has 3 aromatic rings. The van der Waals surface area contributed by atoms with E-state index >= 15 is 0 Å². The summed E-state index contributed by atoms with van der Waals surface area (Å²) >= 11 is 0. The SMILES string of the molecule is CC.CC.CC.CC.CNC.Cn1cc(C2=C(c3ccccc3)C(=O)NC2=O)c2ccccc21. The number of nitrogens with zero attached hydrogens (tertiary/aromatic N) is 1. The molecule has 0 bridgehead atoms. The molecule has 1 aliphatic heterocycles. The second kappa shape index (κ2) is 19.3. The number of para-hydroxylation sites is 1. The molecule has 0 saturated heterocycles. The molecule has 1 aromatic heterocycles. The van der Waals surface area contributed by atoms with E-state index in [1.54, 1.807) is 0 Å². The first kappa shape index (κ1) is 33.0. The Morgan fingerprint density at radius 3 is 1.65 bits per heavy atom. The summed E-state index contributed by atoms with van der Waals surface area (Å²) in [4.78, 5) is 24.7. The molecule has 0 radical (unpaired) electrons. The van der Waals surface area contributed by atoms with Gasteiger partial charge in [0.15, 0.2) is 0 Å². The monoisotopic (exact) mass is 467 g/mol. The fourth-order valence-corrected chi connectivity index (χ4v) is 3.13. The molecule has 0 atom stereocenters. The largest absolute Gasteiger partial charge is 0.350 e. The van der Waals surface area contributed by atoms with E-state index in [1.807, 2.05) is 142 Å². The van der Waals surface area contributed by atoms with Crippen molar-refractivity contribution in [2.45, 2.75) is 55.4 Å². The molecule has 0 saturated carbocycles. The Bertz CT molecular complexity index is 1000. The minimum atomic E-state index is -0.343. The van der Waals surface area contributed by atoms with E-state index < -0.39 is 0 Å². The zero-order chi connectivity index (χ0) is 26.7. The molecule has 0 unspecified atom stereocenters. The molecule has 0 spiro atoms. The number of imide groups is 1. The van der Waals surface area contributed by atoms with Crippen LogP contribution in [0.25, 0.3) is 22.0 Å². The van der Waals surface area contributed by atoms with Crippen LogP contribution in [-0.4, -0.2) is 30.5 Å². The highest BCUT2D eigenvalue weighted by Crippen LogP contribution is 2.35. The van der Waals surface area contributed by atoms with Crippen molar-refractivity contribution in [3.8, 4) is 0 Å². The van der Waals surface area contributed by atoms with Crippen molar-refractivity contribution >= 4 is 33.9 Å². The predicted octanol–water partition coefficient (Wildman–Crippen LogP) is 6.69. The van der Waals surface area contributed by atoms with E-state index in [1.165, 1.54) is 0 Å². The predicted molar refractivity (Wildman–Crippen MR) is 150 cm³/mol. The zero-order valence-electron chi connectivity index (χ0n) is 23.0. The molecule has 188 valence electrons. The van der Waals surface area contributed by atoms with Gasteiger partial charge in [-0.2, -0.15) is 0 Å². The van der Waals surface area contributed by atoms with E-state index in [9.17, 15) is 9.59 Å². The maximum Gasteiger partial charge on any atom is 0.259 e. The molecule has 5 nitrogen and oxygen atoms in total. The number of hydrogen-bond donors (Lipinski definition) is 2. The van der Waals surface area contributed by atoms with Crippen molar-refractivity contribution in [1.29, 1.82) is 0 Å². The first-order valence-electron chi connectivity index (χ1n) is 12.4. The highest BCUT2D eigenvalue weighted by atomic mass is 16.2. The molecule has 0 fully saturated rings. The molecule has 0 aliphatic carbocycles. The Morgan fingerprint density at radius 2 is 1.12 bits per heavy atom. The van der Waals surface area contributed by atoms with Crippen molar-refractivity contribution in [3.63, 3.8) is 0 Å². The Morgan fingerprint density at radius 1 is 0.676 bits per heavy atom. The third-order valence-electron chi connectivity index (χ3n) is 4.16. The number of benzene rings is 2. The molecule has 34 heavy (non-hydrogen) atoms. The average Bonchev–Trinajstić information content (AvgIpc) is 3.39. The fraction of sp³-hybridized carbons (Fsp3) is 0.379. The van der Waals surface area contributed by atoms with Gasteiger partial charge in [0, 0.05) is 29.7 Å². The summed E-state index contributed by atoms with van der Waals surface area (Å²) in [6.07, 6.45) is 1.90. The van der Waals surface area contributed by atoms with E-state index in [2.05, 4.69) is 10.6 Å². The van der Waals surface area contributed by atoms with Crippen LogP contribution in [0, 0.1) is 0 Å². The molecule has 4 rings (SSSR count). The maximum absolute atomic E-state index is 12.4. The molecular weight excluding hydrogens is 422 g/mol. The summed E-state index contributed by atoms with van der Waals surface area (Å²) in [7, 11) is 5.68. The smallest absolute Gasteiger partial charge is 0.259 e. The fourth-order valence-electron chi connectivity index (χ4n) is 3.13. The second-order valence-corrected chi connectivity index (χ2v) is 6.07. The van der Waals surface area contributed by atoms with Crippen LogP contribution in [-0.2, 0) is 16.6 Å². The lowest BCUT2D eigenvalue weighted by atomic mass is 9.96. The van der Waals surface area contributed by atoms with Crippen molar-refractivity contribution in [2.24, 2.45) is 7.05 Å². The molecule has 1 aliphatic rings. The average molecular weight is 468 g/mol. The second-order valence-electron chi connectivity index (χ2n) is 6.07. The van der Waals surface area contributed by atoms with Gasteiger partial charge in [-0.3, -0.25) is 14.9 Å². The van der Waals surface area contributed by atoms with Gasteiger partial charge in [-0.15, -0.1) is 0 Å². The van der Waals surface area contributed by atoms with Crippen LogP contribution in [0.2, 0.25) is 0 Å². The van der Waals surface area contributed by atoms with Crippen LogP contribution in [0.15, 0.2) is 60.8 Å². The number of rotatable bonds is 2. The van der Waals surface area contributed by atoms with Gasteiger partial charge in [0.25, 0.3) is 11.8 Å². The molecule has 2 amide bonds. The normalized spacial score (nSPS) is 11.1. The number of carbonyl (C=O) groups is 2. The number of carbonyl (C=O) groups excluding carboxylic acids is 2. The minimum absolute atomic E-state index is 0.342. The van der Waals surface area contributed by atoms with Crippen molar-refractivity contribution in [3.05, 3.63) is 71.9 Å². The first-order chi connectivity index (χ1) is 16.6. The zero-order valence-corrected chi connectivity index (χ0v) is 23.0. The number of aromatic nitrogens is 1. The number of fused-ring (bicyclic) bond motifs is 1. The Kier molecular flexibility index (Phi) is 18.7. The van der Waals surface area contributed by atoms with E-state index in [0.717, 1.165) is 22.0 Å². The summed E-state index contributed by atoms with van der Waals surface area (Å²) in [5.41, 5.74) is 3.43. The summed E-state index contributed by atoms with van der Waals surface area (Å²) < 4.78 is 1.97. The van der Waals surface area contributed by atoms with Gasteiger partial charge < -0.3 is 9.88 Å². The molecule has 2 heterocycles. The van der Waals surface area contributed by atoms with Gasteiger partial charge in [-0.25, -0.2) is 0 Å². The third kappa shape index (κ3) is 8.31. The van der Waals surface area contributed by atoms with Crippen LogP contribution in [0.4, 0.5) is 0 Å². The summed E-state index contributed by atoms with van der Waals surface area (Å²) in [6, 6.07) is 17.2. The van der Waals surface area contributed by atoms with Crippen LogP contribution < -0.4 is 10.6 Å². The molecule has 2 N–H and O–H groups in total. The highest BCUT2D eigenvalue weighted by Gasteiger charge is 2.33. The Hall–Kier alpha value is -3.18. The van der Waals surface area contributed by atoms with E-state index in [4.69, 9.17) is 0 Å². The Balaban J connectivity index is 0. The number of aryl methyl sites for hydroxylation is 1. The summed E-state index contributed by atoms with van der Waals surface area (Å²) in [6.45, 7) is 16.0. The number of nitrogens with one attached hydrogen (secondary N) is 2.